The topological polar surface area (TPSA) is 119 Å². The number of anilines is 1. The molecule has 1 heterocycles. The van der Waals surface area contributed by atoms with Gasteiger partial charge in [0.15, 0.2) is 6.29 Å². The monoisotopic (exact) mass is 364 g/mol. The molecule has 1 saturated heterocycles. The van der Waals surface area contributed by atoms with Crippen LogP contribution in [0.2, 0.25) is 0 Å². The normalized spacial score (nSPS) is 16.6. The molecule has 0 bridgehead atoms. The molecule has 0 aliphatic carbocycles. The summed E-state index contributed by atoms with van der Waals surface area (Å²) in [4.78, 5) is 13.4. The predicted octanol–water partition coefficient (Wildman–Crippen LogP) is 2.78. The summed E-state index contributed by atoms with van der Waals surface area (Å²) in [5, 5.41) is 28.7. The number of ether oxygens (including phenoxy) is 2. The van der Waals surface area contributed by atoms with E-state index in [4.69, 9.17) is 20.1 Å². The summed E-state index contributed by atoms with van der Waals surface area (Å²) in [5.74, 6) is -1.40. The molecule has 1 atom stereocenters. The third kappa shape index (κ3) is 4.91. The molecule has 1 aliphatic heterocycles. The van der Waals surface area contributed by atoms with Gasteiger partial charge in [-0.1, -0.05) is 0 Å². The van der Waals surface area contributed by atoms with Crippen LogP contribution in [0.5, 0.6) is 5.75 Å². The van der Waals surface area contributed by atoms with Gasteiger partial charge in [0, 0.05) is 19.2 Å². The Morgan fingerprint density at radius 3 is 2.96 bits per heavy atom. The van der Waals surface area contributed by atoms with Crippen molar-refractivity contribution in [3.05, 3.63) is 23.5 Å². The lowest BCUT2D eigenvalue weighted by Gasteiger charge is -2.26. The van der Waals surface area contributed by atoms with E-state index in [1.807, 2.05) is 0 Å². The number of rotatable bonds is 5. The fraction of sp³-hybridized carbons (Fsp3) is 0.471. The highest BCUT2D eigenvalue weighted by atomic mass is 19.1. The average Bonchev–Trinajstić information content (AvgIpc) is 2.64. The molecule has 0 spiro atoms. The fourth-order valence-corrected chi connectivity index (χ4v) is 2.48. The van der Waals surface area contributed by atoms with Gasteiger partial charge >= 0.3 is 6.03 Å². The largest absolute Gasteiger partial charge is 0.506 e. The third-order valence-corrected chi connectivity index (χ3v) is 3.88. The van der Waals surface area contributed by atoms with Crippen LogP contribution in [0.15, 0.2) is 12.1 Å². The summed E-state index contributed by atoms with van der Waals surface area (Å²) in [5.41, 5.74) is -0.518. The van der Waals surface area contributed by atoms with Crippen molar-refractivity contribution >= 4 is 17.6 Å². The summed E-state index contributed by atoms with van der Waals surface area (Å²) in [6.07, 6.45) is 2.31. The van der Waals surface area contributed by atoms with E-state index in [0.29, 0.717) is 6.61 Å². The van der Waals surface area contributed by atoms with Crippen molar-refractivity contribution in [3.8, 4) is 11.8 Å². The molecule has 8 nitrogen and oxygen atoms in total. The van der Waals surface area contributed by atoms with Crippen LogP contribution >= 0.6 is 0 Å². The number of carbonyl (C=O) groups excluding carboxylic acids is 1. The maximum Gasteiger partial charge on any atom is 0.327 e. The number of urea groups is 1. The molecule has 0 aromatic heterocycles. The Morgan fingerprint density at radius 1 is 1.58 bits per heavy atom. The van der Waals surface area contributed by atoms with Crippen LogP contribution in [0.25, 0.3) is 0 Å². The van der Waals surface area contributed by atoms with Gasteiger partial charge in [-0.05, 0) is 32.3 Å². The third-order valence-electron chi connectivity index (χ3n) is 3.88. The zero-order valence-electron chi connectivity index (χ0n) is 14.4. The van der Waals surface area contributed by atoms with Crippen molar-refractivity contribution in [2.45, 2.75) is 32.5 Å². The van der Waals surface area contributed by atoms with E-state index in [-0.39, 0.29) is 30.2 Å². The molecule has 3 N–H and O–H groups in total. The van der Waals surface area contributed by atoms with Crippen molar-refractivity contribution in [2.24, 2.45) is 0 Å². The SMILES string of the molecule is CCN(C(=N)COC1CCCCO1)C(=O)Nc1cc(O)c(C#N)cc1F. The number of likely N-dealkylation sites (N-methyl/N-ethyl adjacent to an activating group) is 1. The number of phenolic OH excluding ortho intramolecular Hbond substituents is 1. The second kappa shape index (κ2) is 9.12. The number of nitriles is 1. The Balaban J connectivity index is 1.98. The first-order chi connectivity index (χ1) is 12.5. The molecule has 0 radical (unpaired) electrons. The number of nitrogens with zero attached hydrogens (tertiary/aromatic N) is 2. The minimum atomic E-state index is -0.859. The van der Waals surface area contributed by atoms with Gasteiger partial charge in [0.1, 0.15) is 30.1 Å². The van der Waals surface area contributed by atoms with E-state index in [1.54, 1.807) is 13.0 Å². The van der Waals surface area contributed by atoms with E-state index in [1.165, 1.54) is 0 Å². The molecular formula is C17H21FN4O4. The first-order valence-electron chi connectivity index (χ1n) is 8.28. The highest BCUT2D eigenvalue weighted by Gasteiger charge is 2.21. The Labute approximate surface area is 150 Å². The van der Waals surface area contributed by atoms with Crippen LogP contribution in [-0.2, 0) is 9.47 Å². The maximum atomic E-state index is 13.9. The summed E-state index contributed by atoms with van der Waals surface area (Å²) in [6.45, 7) is 2.33. The van der Waals surface area contributed by atoms with Crippen LogP contribution in [0, 0.1) is 22.6 Å². The predicted molar refractivity (Wildman–Crippen MR) is 91.4 cm³/mol. The number of phenols is 1. The number of hydrogen-bond acceptors (Lipinski definition) is 6. The number of carbonyl (C=O) groups is 1. The Hall–Kier alpha value is -2.70. The average molecular weight is 364 g/mol. The molecule has 2 amide bonds. The number of aromatic hydroxyl groups is 1. The molecule has 140 valence electrons. The smallest absolute Gasteiger partial charge is 0.327 e. The second-order valence-corrected chi connectivity index (χ2v) is 5.69. The highest BCUT2D eigenvalue weighted by Crippen LogP contribution is 2.25. The number of amidine groups is 1. The first kappa shape index (κ1) is 19.6. The Bertz CT molecular complexity index is 713. The van der Waals surface area contributed by atoms with Gasteiger partial charge in [0.2, 0.25) is 0 Å². The van der Waals surface area contributed by atoms with Gasteiger partial charge in [0.25, 0.3) is 0 Å². The van der Waals surface area contributed by atoms with Crippen molar-refractivity contribution in [2.75, 3.05) is 25.1 Å². The molecule has 2 rings (SSSR count). The molecule has 1 fully saturated rings. The van der Waals surface area contributed by atoms with Crippen molar-refractivity contribution < 1.29 is 23.8 Å². The van der Waals surface area contributed by atoms with Gasteiger partial charge in [0.05, 0.1) is 11.3 Å². The number of halogens is 1. The fourth-order valence-electron chi connectivity index (χ4n) is 2.48. The second-order valence-electron chi connectivity index (χ2n) is 5.69. The molecule has 1 aliphatic rings. The Morgan fingerprint density at radius 2 is 2.35 bits per heavy atom. The molecule has 1 unspecified atom stereocenters. The molecular weight excluding hydrogens is 343 g/mol. The zero-order chi connectivity index (χ0) is 19.1. The molecule has 26 heavy (non-hydrogen) atoms. The van der Waals surface area contributed by atoms with E-state index in [2.05, 4.69) is 5.32 Å². The van der Waals surface area contributed by atoms with E-state index < -0.39 is 23.9 Å². The molecule has 1 aromatic rings. The van der Waals surface area contributed by atoms with E-state index in [9.17, 15) is 14.3 Å². The minimum absolute atomic E-state index is 0.0996. The maximum absolute atomic E-state index is 13.9. The summed E-state index contributed by atoms with van der Waals surface area (Å²) < 4.78 is 24.8. The first-order valence-corrected chi connectivity index (χ1v) is 8.28. The van der Waals surface area contributed by atoms with Gasteiger partial charge in [-0.15, -0.1) is 0 Å². The molecule has 9 heteroatoms. The van der Waals surface area contributed by atoms with Gasteiger partial charge in [-0.25, -0.2) is 9.18 Å². The van der Waals surface area contributed by atoms with Crippen molar-refractivity contribution in [1.82, 2.24) is 4.90 Å². The number of benzene rings is 1. The lowest BCUT2D eigenvalue weighted by molar-refractivity contribution is -0.153. The van der Waals surface area contributed by atoms with Crippen LogP contribution < -0.4 is 5.32 Å². The summed E-state index contributed by atoms with van der Waals surface area (Å²) >= 11 is 0. The highest BCUT2D eigenvalue weighted by molar-refractivity contribution is 6.02. The molecule has 0 saturated carbocycles. The zero-order valence-corrected chi connectivity index (χ0v) is 14.4. The number of hydrogen-bond donors (Lipinski definition) is 3. The van der Waals surface area contributed by atoms with Crippen LogP contribution in [0.3, 0.4) is 0 Å². The standard InChI is InChI=1S/C17H21FN4O4/c1-2-22(15(20)10-26-16-5-3-4-6-25-16)17(24)21-13-8-14(23)11(9-19)7-12(13)18/h7-8,16,20,23H,2-6,10H2,1H3,(H,21,24). The Kier molecular flexibility index (Phi) is 6.89. The van der Waals surface area contributed by atoms with Crippen LogP contribution in [-0.4, -0.2) is 47.9 Å². The van der Waals surface area contributed by atoms with Crippen molar-refractivity contribution in [3.63, 3.8) is 0 Å². The van der Waals surface area contributed by atoms with Crippen LogP contribution in [0.1, 0.15) is 31.7 Å². The summed E-state index contributed by atoms with van der Waals surface area (Å²) in [7, 11) is 0. The summed E-state index contributed by atoms with van der Waals surface area (Å²) in [6, 6.07) is 2.68. The number of amides is 2. The van der Waals surface area contributed by atoms with Gasteiger partial charge < -0.3 is 19.9 Å². The van der Waals surface area contributed by atoms with Gasteiger partial charge in [-0.2, -0.15) is 5.26 Å². The lowest BCUT2D eigenvalue weighted by Crippen LogP contribution is -2.42. The quantitative estimate of drug-likeness (QED) is 0.548. The lowest BCUT2D eigenvalue weighted by atomic mass is 10.2. The molecule has 1 aromatic carbocycles. The minimum Gasteiger partial charge on any atom is -0.506 e. The van der Waals surface area contributed by atoms with Gasteiger partial charge in [-0.3, -0.25) is 10.3 Å². The van der Waals surface area contributed by atoms with E-state index >= 15 is 0 Å². The van der Waals surface area contributed by atoms with Crippen molar-refractivity contribution in [1.29, 1.82) is 10.7 Å². The van der Waals surface area contributed by atoms with E-state index in [0.717, 1.165) is 36.3 Å². The number of nitrogens with one attached hydrogen (secondary N) is 2. The van der Waals surface area contributed by atoms with Crippen LogP contribution in [0.4, 0.5) is 14.9 Å².